The Hall–Kier alpha value is -2.32. The summed E-state index contributed by atoms with van der Waals surface area (Å²) in [5.41, 5.74) is 1.21. The van der Waals surface area contributed by atoms with Crippen LogP contribution in [0.5, 0.6) is 5.75 Å². The van der Waals surface area contributed by atoms with Crippen LogP contribution in [0.1, 0.15) is 50.6 Å². The molecule has 1 unspecified atom stereocenters. The van der Waals surface area contributed by atoms with Crippen LogP contribution < -0.4 is 20.7 Å². The summed E-state index contributed by atoms with van der Waals surface area (Å²) in [6, 6.07) is 8.70. The number of guanidine groups is 1. The molecule has 0 spiro atoms. The highest BCUT2D eigenvalue weighted by molar-refractivity contribution is 5.85. The van der Waals surface area contributed by atoms with Crippen LogP contribution in [0.2, 0.25) is 0 Å². The summed E-state index contributed by atoms with van der Waals surface area (Å²) in [6.45, 7) is 6.83. The van der Waals surface area contributed by atoms with Crippen molar-refractivity contribution in [1.29, 1.82) is 0 Å². The summed E-state index contributed by atoms with van der Waals surface area (Å²) in [5.74, 6) is 1.51. The molecule has 0 bridgehead atoms. The number of rotatable bonds is 9. The zero-order chi connectivity index (χ0) is 22.6. The maximum Gasteiger partial charge on any atom is 0.242 e. The van der Waals surface area contributed by atoms with E-state index in [1.165, 1.54) is 24.8 Å². The number of nitrogens with one attached hydrogen (secondary N) is 3. The standard InChI is InChI=1S/C24H39N5O3/c1-3-25-24(27-18-23(30)28-20-7-5-4-6-8-20)26-17-22(29-13-15-32-16-14-29)19-9-11-21(31-2)12-10-19/h9-12,20,22H,3-8,13-18H2,1-2H3,(H,28,30)(H2,25,26,27). The Labute approximate surface area is 192 Å². The van der Waals surface area contributed by atoms with Crippen molar-refractivity contribution in [2.24, 2.45) is 4.99 Å². The van der Waals surface area contributed by atoms with Crippen molar-refractivity contribution < 1.29 is 14.3 Å². The molecule has 2 aliphatic rings. The molecule has 8 nitrogen and oxygen atoms in total. The number of hydrogen-bond donors (Lipinski definition) is 3. The lowest BCUT2D eigenvalue weighted by molar-refractivity contribution is -0.120. The molecule has 8 heteroatoms. The van der Waals surface area contributed by atoms with E-state index >= 15 is 0 Å². The fourth-order valence-corrected chi connectivity index (χ4v) is 4.38. The molecule has 0 aromatic heterocycles. The fraction of sp³-hybridized carbons (Fsp3) is 0.667. The third-order valence-electron chi connectivity index (χ3n) is 6.15. The lowest BCUT2D eigenvalue weighted by atomic mass is 9.95. The minimum absolute atomic E-state index is 0.00557. The molecule has 3 rings (SSSR count). The molecule has 1 saturated carbocycles. The van der Waals surface area contributed by atoms with Crippen molar-refractivity contribution in [2.75, 3.05) is 53.0 Å². The van der Waals surface area contributed by atoms with Gasteiger partial charge in [-0.1, -0.05) is 31.4 Å². The van der Waals surface area contributed by atoms with Crippen LogP contribution in [-0.4, -0.2) is 75.9 Å². The second-order valence-corrected chi connectivity index (χ2v) is 8.42. The highest BCUT2D eigenvalue weighted by Gasteiger charge is 2.23. The van der Waals surface area contributed by atoms with Gasteiger partial charge in [-0.2, -0.15) is 0 Å². The highest BCUT2D eigenvalue weighted by Crippen LogP contribution is 2.23. The molecule has 1 aliphatic carbocycles. The van der Waals surface area contributed by atoms with Crippen LogP contribution >= 0.6 is 0 Å². The van der Waals surface area contributed by atoms with Crippen molar-refractivity contribution in [3.63, 3.8) is 0 Å². The van der Waals surface area contributed by atoms with Crippen LogP contribution in [0, 0.1) is 0 Å². The van der Waals surface area contributed by atoms with Crippen molar-refractivity contribution in [3.05, 3.63) is 29.8 Å². The minimum Gasteiger partial charge on any atom is -0.497 e. The summed E-state index contributed by atoms with van der Waals surface area (Å²) in [7, 11) is 1.68. The Bertz CT molecular complexity index is 713. The molecule has 1 heterocycles. The van der Waals surface area contributed by atoms with Gasteiger partial charge in [-0.05, 0) is 37.5 Å². The van der Waals surface area contributed by atoms with Crippen molar-refractivity contribution in [3.8, 4) is 5.75 Å². The van der Waals surface area contributed by atoms with Gasteiger partial charge in [0.05, 0.1) is 26.4 Å². The van der Waals surface area contributed by atoms with Crippen LogP contribution in [0.25, 0.3) is 0 Å². The van der Waals surface area contributed by atoms with Crippen LogP contribution in [0.4, 0.5) is 0 Å². The van der Waals surface area contributed by atoms with Gasteiger partial charge in [0.15, 0.2) is 5.96 Å². The number of ether oxygens (including phenoxy) is 2. The first-order valence-corrected chi connectivity index (χ1v) is 12.0. The lowest BCUT2D eigenvalue weighted by Gasteiger charge is -2.35. The zero-order valence-corrected chi connectivity index (χ0v) is 19.6. The summed E-state index contributed by atoms with van der Waals surface area (Å²) in [4.78, 5) is 19.3. The fourth-order valence-electron chi connectivity index (χ4n) is 4.38. The monoisotopic (exact) mass is 445 g/mol. The van der Waals surface area contributed by atoms with Gasteiger partial charge < -0.3 is 25.4 Å². The molecule has 1 atom stereocenters. The Morgan fingerprint density at radius 2 is 1.88 bits per heavy atom. The van der Waals surface area contributed by atoms with Gasteiger partial charge in [0.25, 0.3) is 0 Å². The first kappa shape index (κ1) is 24.3. The number of nitrogens with zero attached hydrogens (tertiary/aromatic N) is 2. The molecule has 1 saturated heterocycles. The zero-order valence-electron chi connectivity index (χ0n) is 19.6. The highest BCUT2D eigenvalue weighted by atomic mass is 16.5. The smallest absolute Gasteiger partial charge is 0.242 e. The molecular weight excluding hydrogens is 406 g/mol. The third kappa shape index (κ3) is 7.67. The lowest BCUT2D eigenvalue weighted by Crippen LogP contribution is -2.46. The van der Waals surface area contributed by atoms with Gasteiger partial charge in [-0.3, -0.25) is 9.69 Å². The maximum absolute atomic E-state index is 12.4. The second-order valence-electron chi connectivity index (χ2n) is 8.42. The topological polar surface area (TPSA) is 87.2 Å². The molecular formula is C24H39N5O3. The van der Waals surface area contributed by atoms with E-state index in [1.54, 1.807) is 7.11 Å². The van der Waals surface area contributed by atoms with E-state index in [-0.39, 0.29) is 18.5 Å². The number of morpholine rings is 1. The van der Waals surface area contributed by atoms with Crippen LogP contribution in [-0.2, 0) is 9.53 Å². The molecule has 0 radical (unpaired) electrons. The normalized spacial score (nSPS) is 19.2. The van der Waals surface area contributed by atoms with E-state index in [1.807, 2.05) is 19.1 Å². The second kappa shape index (κ2) is 13.3. The van der Waals surface area contributed by atoms with E-state index in [2.05, 4.69) is 38.0 Å². The molecule has 32 heavy (non-hydrogen) atoms. The number of methoxy groups -OCH3 is 1. The average molecular weight is 446 g/mol. The van der Waals surface area contributed by atoms with Crippen molar-refractivity contribution in [1.82, 2.24) is 20.9 Å². The molecule has 1 amide bonds. The van der Waals surface area contributed by atoms with E-state index in [0.717, 1.165) is 51.4 Å². The van der Waals surface area contributed by atoms with Gasteiger partial charge in [0.1, 0.15) is 12.3 Å². The number of carbonyl (C=O) groups excluding carboxylic acids is 1. The van der Waals surface area contributed by atoms with Crippen molar-refractivity contribution in [2.45, 2.75) is 51.1 Å². The van der Waals surface area contributed by atoms with Gasteiger partial charge in [-0.15, -0.1) is 0 Å². The molecule has 1 aliphatic heterocycles. The first-order valence-electron chi connectivity index (χ1n) is 12.0. The maximum atomic E-state index is 12.4. The summed E-state index contributed by atoms with van der Waals surface area (Å²) < 4.78 is 10.9. The SMILES string of the molecule is CCNC(=NCC(=O)NC1CCCCC1)NCC(c1ccc(OC)cc1)N1CCOCC1. The third-order valence-corrected chi connectivity index (χ3v) is 6.15. The van der Waals surface area contributed by atoms with E-state index in [0.29, 0.717) is 18.5 Å². The molecule has 2 fully saturated rings. The number of benzene rings is 1. The Kier molecular flexibility index (Phi) is 10.1. The van der Waals surface area contributed by atoms with Gasteiger partial charge in [-0.25, -0.2) is 4.99 Å². The summed E-state index contributed by atoms with van der Waals surface area (Å²) in [5, 5.41) is 9.85. The van der Waals surface area contributed by atoms with Crippen LogP contribution in [0.3, 0.4) is 0 Å². The van der Waals surface area contributed by atoms with E-state index < -0.39 is 0 Å². The number of hydrogen-bond acceptors (Lipinski definition) is 5. The Balaban J connectivity index is 1.61. The quantitative estimate of drug-likeness (QED) is 0.399. The van der Waals surface area contributed by atoms with E-state index in [4.69, 9.17) is 9.47 Å². The summed E-state index contributed by atoms with van der Waals surface area (Å²) in [6.07, 6.45) is 5.84. The van der Waals surface area contributed by atoms with Crippen molar-refractivity contribution >= 4 is 11.9 Å². The molecule has 1 aromatic rings. The van der Waals surface area contributed by atoms with E-state index in [9.17, 15) is 4.79 Å². The van der Waals surface area contributed by atoms with Crippen LogP contribution in [0.15, 0.2) is 29.3 Å². The van der Waals surface area contributed by atoms with Gasteiger partial charge in [0.2, 0.25) is 5.91 Å². The molecule has 178 valence electrons. The molecule has 3 N–H and O–H groups in total. The molecule has 1 aromatic carbocycles. The average Bonchev–Trinajstić information content (AvgIpc) is 2.84. The number of aliphatic imine (C=N–C) groups is 1. The summed E-state index contributed by atoms with van der Waals surface area (Å²) >= 11 is 0. The Morgan fingerprint density at radius 3 is 2.53 bits per heavy atom. The van der Waals surface area contributed by atoms with Gasteiger partial charge >= 0.3 is 0 Å². The predicted octanol–water partition coefficient (Wildman–Crippen LogP) is 2.07. The van der Waals surface area contributed by atoms with Gasteiger partial charge in [0, 0.05) is 32.2 Å². The first-order chi connectivity index (χ1) is 15.7. The minimum atomic E-state index is -0.00557. The largest absolute Gasteiger partial charge is 0.497 e. The number of amides is 1. The Morgan fingerprint density at radius 1 is 1.16 bits per heavy atom. The predicted molar refractivity (Wildman–Crippen MR) is 127 cm³/mol. The number of carbonyl (C=O) groups is 1.